The highest BCUT2D eigenvalue weighted by atomic mass is 16.7. The lowest BCUT2D eigenvalue weighted by Gasteiger charge is -2.45. The van der Waals surface area contributed by atoms with Crippen molar-refractivity contribution in [3.8, 4) is 0 Å². The van der Waals surface area contributed by atoms with E-state index in [9.17, 15) is 35.7 Å². The quantitative estimate of drug-likeness (QED) is 0.243. The molecule has 11 nitrogen and oxygen atoms in total. The first-order valence-corrected chi connectivity index (χ1v) is 7.08. The highest BCUT2D eigenvalue weighted by Gasteiger charge is 2.50. The third-order valence-corrected chi connectivity index (χ3v) is 3.98. The van der Waals surface area contributed by atoms with Gasteiger partial charge in [-0.2, -0.15) is 0 Å². The summed E-state index contributed by atoms with van der Waals surface area (Å²) in [4.78, 5) is 0. The average molecular weight is 342 g/mol. The average Bonchev–Trinajstić information content (AvgIpc) is 2.55. The summed E-state index contributed by atoms with van der Waals surface area (Å²) in [5.41, 5.74) is 0. The predicted octanol–water partition coefficient (Wildman–Crippen LogP) is -5.40. The molecule has 0 aliphatic carbocycles. The van der Waals surface area contributed by atoms with Gasteiger partial charge < -0.3 is 55.1 Å². The molecule has 2 rings (SSSR count). The number of ether oxygens (including phenoxy) is 3. The van der Waals surface area contributed by atoms with Crippen molar-refractivity contribution < 1.29 is 55.1 Å². The van der Waals surface area contributed by atoms with E-state index in [-0.39, 0.29) is 0 Å². The second-order valence-corrected chi connectivity index (χ2v) is 5.53. The van der Waals surface area contributed by atoms with Gasteiger partial charge in [-0.1, -0.05) is 0 Å². The molecule has 2 aliphatic rings. The van der Waals surface area contributed by atoms with Crippen LogP contribution in [0.2, 0.25) is 0 Å². The van der Waals surface area contributed by atoms with Gasteiger partial charge in [-0.15, -0.1) is 0 Å². The largest absolute Gasteiger partial charge is 0.394 e. The summed E-state index contributed by atoms with van der Waals surface area (Å²) in [7, 11) is 0. The van der Waals surface area contributed by atoms with Crippen LogP contribution < -0.4 is 0 Å². The maximum atomic E-state index is 9.94. The molecule has 2 fully saturated rings. The van der Waals surface area contributed by atoms with Gasteiger partial charge in [0.05, 0.1) is 13.2 Å². The topological polar surface area (TPSA) is 190 Å². The molecule has 2 heterocycles. The Morgan fingerprint density at radius 1 is 0.652 bits per heavy atom. The van der Waals surface area contributed by atoms with Crippen LogP contribution in [0.1, 0.15) is 0 Å². The molecule has 0 aromatic rings. The fourth-order valence-corrected chi connectivity index (χ4v) is 2.57. The van der Waals surface area contributed by atoms with Crippen LogP contribution in [0.5, 0.6) is 0 Å². The zero-order valence-corrected chi connectivity index (χ0v) is 12.0. The van der Waals surface area contributed by atoms with Gasteiger partial charge in [0.1, 0.15) is 48.8 Å². The molecule has 0 radical (unpaired) electrons. The molecule has 136 valence electrons. The molecule has 0 saturated carbocycles. The Balaban J connectivity index is 2.11. The zero-order chi connectivity index (χ0) is 17.3. The molecule has 10 atom stereocenters. The summed E-state index contributed by atoms with van der Waals surface area (Å²) >= 11 is 0. The molecular formula is C12H22O11. The molecule has 0 spiro atoms. The Hall–Kier alpha value is -0.440. The first-order valence-electron chi connectivity index (χ1n) is 7.08. The summed E-state index contributed by atoms with van der Waals surface area (Å²) in [6.45, 7) is -1.35. The van der Waals surface area contributed by atoms with E-state index in [1.807, 2.05) is 0 Å². The van der Waals surface area contributed by atoms with Crippen LogP contribution >= 0.6 is 0 Å². The summed E-state index contributed by atoms with van der Waals surface area (Å²) in [6.07, 6.45) is -15.6. The zero-order valence-electron chi connectivity index (χ0n) is 12.0. The van der Waals surface area contributed by atoms with Crippen molar-refractivity contribution in [2.45, 2.75) is 61.4 Å². The minimum atomic E-state index is -1.74. The molecule has 0 amide bonds. The van der Waals surface area contributed by atoms with Crippen LogP contribution in [-0.4, -0.2) is 115 Å². The van der Waals surface area contributed by atoms with E-state index < -0.39 is 74.6 Å². The van der Waals surface area contributed by atoms with Crippen molar-refractivity contribution in [2.24, 2.45) is 0 Å². The maximum absolute atomic E-state index is 9.94. The van der Waals surface area contributed by atoms with Crippen LogP contribution in [0.15, 0.2) is 0 Å². The third-order valence-electron chi connectivity index (χ3n) is 3.98. The number of hydrogen-bond acceptors (Lipinski definition) is 11. The molecule has 8 N–H and O–H groups in total. The normalized spacial score (nSPS) is 51.7. The van der Waals surface area contributed by atoms with E-state index in [1.54, 1.807) is 0 Å². The van der Waals surface area contributed by atoms with Gasteiger partial charge in [0, 0.05) is 0 Å². The van der Waals surface area contributed by atoms with Crippen LogP contribution in [0.25, 0.3) is 0 Å². The molecular weight excluding hydrogens is 320 g/mol. The second-order valence-electron chi connectivity index (χ2n) is 5.53. The van der Waals surface area contributed by atoms with E-state index in [1.165, 1.54) is 0 Å². The standard InChI is InChI=1S/C12H22O11/c13-1-3-5(15)6(16)9(19)12(22-3)23-10-4(2-14)21-11(20)8(18)7(10)17/h3-20H,1-2H2/t3-,4+,5-,6+,7-,8+,9-,10-,11+,12+/m0/s1. The SMILES string of the molecule is OC[C@@H]1O[C@H](O[C@@H]2[C@@H](O)[C@@H](O)[C@H](O)O[C@@H]2CO)[C@@H](O)[C@H](O)[C@H]1O. The van der Waals surface area contributed by atoms with E-state index in [0.29, 0.717) is 0 Å². The Morgan fingerprint density at radius 3 is 1.83 bits per heavy atom. The van der Waals surface area contributed by atoms with Gasteiger partial charge in [0.2, 0.25) is 0 Å². The lowest BCUT2D eigenvalue weighted by molar-refractivity contribution is -0.355. The van der Waals surface area contributed by atoms with E-state index in [4.69, 9.17) is 19.3 Å². The lowest BCUT2D eigenvalue weighted by atomic mass is 9.97. The van der Waals surface area contributed by atoms with Crippen molar-refractivity contribution in [2.75, 3.05) is 13.2 Å². The van der Waals surface area contributed by atoms with Gasteiger partial charge in [-0.3, -0.25) is 0 Å². The maximum Gasteiger partial charge on any atom is 0.187 e. The number of aliphatic hydroxyl groups is 8. The molecule has 0 aromatic heterocycles. The summed E-state index contributed by atoms with van der Waals surface area (Å²) < 4.78 is 15.3. The number of rotatable bonds is 4. The van der Waals surface area contributed by atoms with Crippen molar-refractivity contribution in [3.05, 3.63) is 0 Å². The van der Waals surface area contributed by atoms with E-state index in [0.717, 1.165) is 0 Å². The van der Waals surface area contributed by atoms with Crippen molar-refractivity contribution in [1.82, 2.24) is 0 Å². The number of aliphatic hydroxyl groups excluding tert-OH is 8. The summed E-state index contributed by atoms with van der Waals surface area (Å²) in [5, 5.41) is 76.5. The van der Waals surface area contributed by atoms with Crippen molar-refractivity contribution >= 4 is 0 Å². The Bertz CT molecular complexity index is 378. The Labute approximate surface area is 130 Å². The Morgan fingerprint density at radius 2 is 1.26 bits per heavy atom. The highest BCUT2D eigenvalue weighted by Crippen LogP contribution is 2.28. The summed E-state index contributed by atoms with van der Waals surface area (Å²) in [6, 6.07) is 0. The second kappa shape index (κ2) is 7.63. The molecule has 2 aliphatic heterocycles. The van der Waals surface area contributed by atoms with Gasteiger partial charge in [0.15, 0.2) is 12.6 Å². The third kappa shape index (κ3) is 3.65. The summed E-state index contributed by atoms with van der Waals surface area (Å²) in [5.74, 6) is 0. The first-order chi connectivity index (χ1) is 10.8. The molecule has 2 saturated heterocycles. The van der Waals surface area contributed by atoms with Crippen molar-refractivity contribution in [3.63, 3.8) is 0 Å². The molecule has 0 aromatic carbocycles. The van der Waals surface area contributed by atoms with E-state index in [2.05, 4.69) is 0 Å². The fourth-order valence-electron chi connectivity index (χ4n) is 2.57. The van der Waals surface area contributed by atoms with Crippen LogP contribution in [-0.2, 0) is 14.2 Å². The minimum Gasteiger partial charge on any atom is -0.394 e. The molecule has 23 heavy (non-hydrogen) atoms. The van der Waals surface area contributed by atoms with E-state index >= 15 is 0 Å². The van der Waals surface area contributed by atoms with Gasteiger partial charge >= 0.3 is 0 Å². The smallest absolute Gasteiger partial charge is 0.187 e. The van der Waals surface area contributed by atoms with Gasteiger partial charge in [-0.05, 0) is 0 Å². The molecule has 11 heteroatoms. The fraction of sp³-hybridized carbons (Fsp3) is 1.00. The Kier molecular flexibility index (Phi) is 6.27. The minimum absolute atomic E-state index is 0.667. The van der Waals surface area contributed by atoms with Crippen LogP contribution in [0.4, 0.5) is 0 Å². The van der Waals surface area contributed by atoms with Gasteiger partial charge in [0.25, 0.3) is 0 Å². The lowest BCUT2D eigenvalue weighted by Crippen LogP contribution is -2.64. The van der Waals surface area contributed by atoms with Crippen molar-refractivity contribution in [1.29, 1.82) is 0 Å². The van der Waals surface area contributed by atoms with Gasteiger partial charge in [-0.25, -0.2) is 0 Å². The number of hydrogen-bond donors (Lipinski definition) is 8. The first kappa shape index (κ1) is 18.9. The van der Waals surface area contributed by atoms with Crippen LogP contribution in [0, 0.1) is 0 Å². The predicted molar refractivity (Wildman–Crippen MR) is 68.6 cm³/mol. The molecule has 0 bridgehead atoms. The monoisotopic (exact) mass is 342 g/mol. The highest BCUT2D eigenvalue weighted by molar-refractivity contribution is 4.93. The van der Waals surface area contributed by atoms with Crippen LogP contribution in [0.3, 0.4) is 0 Å². The molecule has 0 unspecified atom stereocenters.